The molecule has 9 saturated heterocycles. The van der Waals surface area contributed by atoms with E-state index in [1.165, 1.54) is 0 Å². The molecule has 9 rings (SSSR count). The van der Waals surface area contributed by atoms with E-state index in [4.69, 9.17) is 70.5 Å². The Bertz CT molecular complexity index is 1810. The average Bonchev–Trinajstić information content (AvgIpc) is 3.89. The largest absolute Gasteiger partial charge is 0.397 e. The van der Waals surface area contributed by atoms with Crippen molar-refractivity contribution in [2.24, 2.45) is 0 Å². The number of hydrogen-bond acceptors (Lipinski definition) is 30. The van der Waals surface area contributed by atoms with E-state index in [9.17, 15) is 79.4 Å². The fourth-order valence-corrected chi connectivity index (χ4v) is 10.4. The van der Waals surface area contributed by atoms with Crippen molar-refractivity contribution in [2.45, 2.75) is 184 Å². The summed E-state index contributed by atoms with van der Waals surface area (Å²) in [5, 5.41) is 139. The summed E-state index contributed by atoms with van der Waals surface area (Å²) in [6.07, 6.45) is -47.8. The van der Waals surface area contributed by atoms with Crippen LogP contribution in [0.3, 0.4) is 0 Å². The van der Waals surface area contributed by atoms with Gasteiger partial charge < -0.3 is 133 Å². The Morgan fingerprint density at radius 1 is 0.382 bits per heavy atom. The zero-order valence-electron chi connectivity index (χ0n) is 35.2. The first-order valence-corrected chi connectivity index (χ1v) is 23.0. The van der Waals surface area contributed by atoms with Gasteiger partial charge >= 0.3 is 10.4 Å². The summed E-state index contributed by atoms with van der Waals surface area (Å²) < 4.78 is 118. The second-order valence-electron chi connectivity index (χ2n) is 17.6. The number of aliphatic hydroxyl groups excluding tert-OH is 13. The van der Waals surface area contributed by atoms with Crippen molar-refractivity contribution in [1.82, 2.24) is 0 Å². The highest BCUT2D eigenvalue weighted by molar-refractivity contribution is 7.80. The lowest BCUT2D eigenvalue weighted by molar-refractivity contribution is -0.380. The van der Waals surface area contributed by atoms with Crippen molar-refractivity contribution in [3.8, 4) is 0 Å². The van der Waals surface area contributed by atoms with Crippen molar-refractivity contribution >= 4 is 10.4 Å². The number of hydrogen-bond donors (Lipinski definition) is 14. The predicted molar refractivity (Wildman–Crippen MR) is 200 cm³/mol. The second kappa shape index (κ2) is 20.6. The molecule has 0 radical (unpaired) electrons. The molecule has 0 aromatic carbocycles. The second-order valence-corrected chi connectivity index (χ2v) is 18.7. The lowest BCUT2D eigenvalue weighted by atomic mass is 9.96. The summed E-state index contributed by atoms with van der Waals surface area (Å²) in [6.45, 7) is -3.28. The molecule has 392 valence electrons. The molecule has 0 saturated carbocycles. The lowest BCUT2D eigenvalue weighted by Crippen LogP contribution is -2.66. The molecule has 0 amide bonds. The molecule has 14 N–H and O–H groups in total. The van der Waals surface area contributed by atoms with Crippen LogP contribution in [-0.4, -0.2) is 303 Å². The normalized spacial score (nSPS) is 54.9. The monoisotopic (exact) mass is 1020 g/mol. The smallest absolute Gasteiger partial charge is 0.394 e. The summed E-state index contributed by atoms with van der Waals surface area (Å²) in [4.78, 5) is 0. The minimum atomic E-state index is -5.31. The number of aliphatic hydroxyl groups is 13. The molecule has 0 spiro atoms. The SMILES string of the molecule is O=S(=O)(O)O[C@@H]1[C@H](O[C@@H]2O[C@H]3CO[C@@H]([C@@H]2O)[C@@H]3O)[C@@H](O)[C@H](O[C@H]2[C@H]3OC[C@@H]2O[C@@H](O[C@H]2[C@@H](O)[C@@H](CO)O[C@@H](O[C@H]4[C@H]5OC[C@@H]4O[C@@H](O[C@H]4[C@@H](O)[C@@H](CO)OC(O)[C@@H]4O)[C@H]5O)[C@@H]2O)[C@H]3O)O[C@@H]1CO. The first kappa shape index (κ1) is 51.7. The van der Waals surface area contributed by atoms with Crippen molar-refractivity contribution < 1.29 is 150 Å². The van der Waals surface area contributed by atoms with E-state index < -0.39 is 214 Å². The molecule has 0 aromatic heterocycles. The molecule has 68 heavy (non-hydrogen) atoms. The van der Waals surface area contributed by atoms with E-state index >= 15 is 0 Å². The molecular weight excluding hydrogens is 960 g/mol. The molecule has 30 atom stereocenters. The third-order valence-corrected chi connectivity index (χ3v) is 13.8. The van der Waals surface area contributed by atoms with E-state index in [2.05, 4.69) is 0 Å². The van der Waals surface area contributed by atoms with Crippen LogP contribution in [0.4, 0.5) is 0 Å². The van der Waals surface area contributed by atoms with E-state index in [0.717, 1.165) is 0 Å². The molecule has 9 aliphatic heterocycles. The van der Waals surface area contributed by atoms with Crippen molar-refractivity contribution in [3.63, 3.8) is 0 Å². The molecule has 0 aromatic rings. The van der Waals surface area contributed by atoms with Gasteiger partial charge in [0.2, 0.25) is 0 Å². The van der Waals surface area contributed by atoms with Crippen LogP contribution in [0.2, 0.25) is 0 Å². The Balaban J connectivity index is 0.850. The van der Waals surface area contributed by atoms with E-state index in [0.29, 0.717) is 0 Å². The maximum absolute atomic E-state index is 11.9. The van der Waals surface area contributed by atoms with E-state index in [-0.39, 0.29) is 19.8 Å². The van der Waals surface area contributed by atoms with Gasteiger partial charge in [0, 0.05) is 0 Å². The van der Waals surface area contributed by atoms with Crippen LogP contribution in [0.15, 0.2) is 0 Å². The maximum atomic E-state index is 11.9. The zero-order chi connectivity index (χ0) is 48.7. The van der Waals surface area contributed by atoms with Crippen molar-refractivity contribution in [1.29, 1.82) is 0 Å². The molecule has 31 nitrogen and oxygen atoms in total. The van der Waals surface area contributed by atoms with E-state index in [1.807, 2.05) is 0 Å². The first-order valence-electron chi connectivity index (χ1n) is 21.7. The van der Waals surface area contributed by atoms with Gasteiger partial charge in [0.25, 0.3) is 0 Å². The third kappa shape index (κ3) is 9.71. The highest BCUT2D eigenvalue weighted by Crippen LogP contribution is 2.41. The number of rotatable bonds is 15. The molecular formula is C36H56O31S. The Labute approximate surface area is 383 Å². The highest BCUT2D eigenvalue weighted by Gasteiger charge is 2.61. The molecule has 9 fully saturated rings. The Hall–Kier alpha value is -1.21. The number of fused-ring (bicyclic) bond motifs is 6. The topological polar surface area (TPSA) is 456 Å². The summed E-state index contributed by atoms with van der Waals surface area (Å²) in [5.74, 6) is 0. The van der Waals surface area contributed by atoms with Crippen LogP contribution < -0.4 is 0 Å². The van der Waals surface area contributed by atoms with Gasteiger partial charge in [-0.1, -0.05) is 0 Å². The molecule has 6 bridgehead atoms. The minimum Gasteiger partial charge on any atom is -0.394 e. The van der Waals surface area contributed by atoms with Crippen LogP contribution in [0.1, 0.15) is 0 Å². The van der Waals surface area contributed by atoms with Crippen LogP contribution in [-0.2, 0) is 80.9 Å². The summed E-state index contributed by atoms with van der Waals surface area (Å²) in [5.41, 5.74) is 0. The Morgan fingerprint density at radius 2 is 0.765 bits per heavy atom. The van der Waals surface area contributed by atoms with Gasteiger partial charge in [-0.2, -0.15) is 8.42 Å². The highest BCUT2D eigenvalue weighted by atomic mass is 32.3. The standard InChI is InChI=1S/C36H56O31S/c37-1-7-13(40)26(16(43)31(49)56-7)64-34-19(46)28-22(11(60-34)5-54-28)62-33-18(45)27(14(41)8(2-38)57-33)65-35-20(47)29-23(12(61-35)6-55-29)63-36-21(48)30(24(9(3-39)58-36)67-68(50,51)52)66-32-17(44)25-15(42)10(59-32)4-53-25/h7-49H,1-6H2,(H,50,51,52)/t7-,8-,9-,10+,11+,12+,13+,14+,15-,16-,17+,18-,19+,20+,21-,22-,23-,24+,25-,26+,27+,28+,29+,30-,31?,32+,33+,34+,35+,36+/m1/s1. The van der Waals surface area contributed by atoms with Crippen LogP contribution in [0.5, 0.6) is 0 Å². The maximum Gasteiger partial charge on any atom is 0.397 e. The van der Waals surface area contributed by atoms with E-state index in [1.54, 1.807) is 0 Å². The molecule has 0 aliphatic carbocycles. The fourth-order valence-electron chi connectivity index (χ4n) is 9.85. The fraction of sp³-hybridized carbons (Fsp3) is 1.00. The van der Waals surface area contributed by atoms with Gasteiger partial charge in [-0.25, -0.2) is 4.18 Å². The van der Waals surface area contributed by atoms with Crippen molar-refractivity contribution in [3.05, 3.63) is 0 Å². The Morgan fingerprint density at radius 3 is 1.28 bits per heavy atom. The minimum absolute atomic E-state index is 0.149. The molecule has 9 heterocycles. The van der Waals surface area contributed by atoms with Crippen LogP contribution >= 0.6 is 0 Å². The van der Waals surface area contributed by atoms with Gasteiger partial charge in [0.1, 0.15) is 146 Å². The molecule has 1 unspecified atom stereocenters. The first-order chi connectivity index (χ1) is 32.3. The van der Waals surface area contributed by atoms with Crippen molar-refractivity contribution in [2.75, 3.05) is 39.6 Å². The zero-order valence-corrected chi connectivity index (χ0v) is 36.0. The summed E-state index contributed by atoms with van der Waals surface area (Å²) >= 11 is 0. The average molecular weight is 1020 g/mol. The van der Waals surface area contributed by atoms with Gasteiger partial charge in [0.05, 0.1) is 39.6 Å². The van der Waals surface area contributed by atoms with Crippen LogP contribution in [0.25, 0.3) is 0 Å². The summed E-state index contributed by atoms with van der Waals surface area (Å²) in [6, 6.07) is 0. The van der Waals surface area contributed by atoms with Gasteiger partial charge in [-0.05, 0) is 0 Å². The Kier molecular flexibility index (Phi) is 15.7. The summed E-state index contributed by atoms with van der Waals surface area (Å²) in [7, 11) is -5.31. The predicted octanol–water partition coefficient (Wildman–Crippen LogP) is -11.1. The lowest BCUT2D eigenvalue weighted by Gasteiger charge is -2.48. The molecule has 9 aliphatic rings. The quantitative estimate of drug-likeness (QED) is 0.0677. The van der Waals surface area contributed by atoms with Gasteiger partial charge in [0.15, 0.2) is 37.7 Å². The van der Waals surface area contributed by atoms with Gasteiger partial charge in [-0.3, -0.25) is 4.55 Å². The molecule has 32 heteroatoms. The van der Waals surface area contributed by atoms with Crippen LogP contribution in [0, 0.1) is 0 Å². The third-order valence-electron chi connectivity index (χ3n) is 13.4. The number of ether oxygens (including phenoxy) is 14. The van der Waals surface area contributed by atoms with Gasteiger partial charge in [-0.15, -0.1) is 0 Å².